The molecule has 0 amide bonds. The molecule has 3 nitrogen and oxygen atoms in total. The van der Waals surface area contributed by atoms with Gasteiger partial charge in [0, 0.05) is 12.2 Å². The zero-order valence-corrected chi connectivity index (χ0v) is 12.9. The molecular formula is C18H24O3. The standard InChI is InChI=1S/C18H24O3/c1-4-15-8-10-16(11-9-15)13-19-14-18(2,3)21-17-7-5-6-12-20-17/h1,8-11,17H,5-7,12-14H2,2-3H3. The summed E-state index contributed by atoms with van der Waals surface area (Å²) in [5, 5.41) is 0. The highest BCUT2D eigenvalue weighted by Crippen LogP contribution is 2.21. The fraction of sp³-hybridized carbons (Fsp3) is 0.556. The van der Waals surface area contributed by atoms with Crippen molar-refractivity contribution in [1.29, 1.82) is 0 Å². The van der Waals surface area contributed by atoms with E-state index in [1.54, 1.807) is 0 Å². The topological polar surface area (TPSA) is 27.7 Å². The zero-order valence-electron chi connectivity index (χ0n) is 12.9. The van der Waals surface area contributed by atoms with Crippen molar-refractivity contribution in [3.8, 4) is 12.3 Å². The van der Waals surface area contributed by atoms with Crippen molar-refractivity contribution in [1.82, 2.24) is 0 Å². The molecule has 1 saturated heterocycles. The van der Waals surface area contributed by atoms with E-state index in [1.807, 2.05) is 38.1 Å². The number of terminal acetylenes is 1. The molecule has 2 rings (SSSR count). The van der Waals surface area contributed by atoms with E-state index in [-0.39, 0.29) is 11.9 Å². The average Bonchev–Trinajstić information content (AvgIpc) is 2.48. The number of ether oxygens (including phenoxy) is 3. The Morgan fingerprint density at radius 1 is 1.29 bits per heavy atom. The maximum absolute atomic E-state index is 5.98. The Hall–Kier alpha value is -1.34. The van der Waals surface area contributed by atoms with Crippen LogP contribution in [0.2, 0.25) is 0 Å². The van der Waals surface area contributed by atoms with E-state index < -0.39 is 0 Å². The first kappa shape index (κ1) is 16.0. The first-order valence-electron chi connectivity index (χ1n) is 7.52. The lowest BCUT2D eigenvalue weighted by atomic mass is 10.1. The Morgan fingerprint density at radius 3 is 2.67 bits per heavy atom. The molecule has 1 aliphatic heterocycles. The lowest BCUT2D eigenvalue weighted by Gasteiger charge is -2.32. The number of rotatable bonds is 6. The van der Waals surface area contributed by atoms with Crippen LogP contribution in [-0.4, -0.2) is 25.1 Å². The predicted octanol–water partition coefficient (Wildman–Crippen LogP) is 3.51. The van der Waals surface area contributed by atoms with Crippen LogP contribution in [0.15, 0.2) is 24.3 Å². The molecule has 0 spiro atoms. The summed E-state index contributed by atoms with van der Waals surface area (Å²) in [4.78, 5) is 0. The van der Waals surface area contributed by atoms with Crippen LogP contribution in [0.25, 0.3) is 0 Å². The van der Waals surface area contributed by atoms with Crippen LogP contribution in [0.5, 0.6) is 0 Å². The van der Waals surface area contributed by atoms with Gasteiger partial charge in [-0.05, 0) is 50.8 Å². The van der Waals surface area contributed by atoms with Gasteiger partial charge in [0.1, 0.15) is 0 Å². The van der Waals surface area contributed by atoms with E-state index in [0.29, 0.717) is 13.2 Å². The van der Waals surface area contributed by atoms with E-state index in [2.05, 4.69) is 5.92 Å². The second-order valence-electron chi connectivity index (χ2n) is 6.01. The van der Waals surface area contributed by atoms with Gasteiger partial charge in [-0.1, -0.05) is 18.1 Å². The van der Waals surface area contributed by atoms with Gasteiger partial charge in [-0.15, -0.1) is 6.42 Å². The third kappa shape index (κ3) is 5.51. The van der Waals surface area contributed by atoms with Crippen LogP contribution in [0.4, 0.5) is 0 Å². The van der Waals surface area contributed by atoms with Crippen molar-refractivity contribution in [2.45, 2.75) is 51.6 Å². The minimum Gasteiger partial charge on any atom is -0.374 e. The highest BCUT2D eigenvalue weighted by molar-refractivity contribution is 5.33. The van der Waals surface area contributed by atoms with E-state index in [0.717, 1.165) is 30.6 Å². The molecule has 1 heterocycles. The van der Waals surface area contributed by atoms with Crippen LogP contribution < -0.4 is 0 Å². The first-order chi connectivity index (χ1) is 10.1. The van der Waals surface area contributed by atoms with Gasteiger partial charge in [0.05, 0.1) is 18.8 Å². The molecule has 1 fully saturated rings. The summed E-state index contributed by atoms with van der Waals surface area (Å²) in [6.45, 7) is 5.95. The van der Waals surface area contributed by atoms with Crippen LogP contribution in [-0.2, 0) is 20.8 Å². The van der Waals surface area contributed by atoms with Gasteiger partial charge >= 0.3 is 0 Å². The summed E-state index contributed by atoms with van der Waals surface area (Å²) in [5.74, 6) is 2.61. The van der Waals surface area contributed by atoms with Crippen molar-refractivity contribution in [3.05, 3.63) is 35.4 Å². The monoisotopic (exact) mass is 288 g/mol. The molecule has 0 saturated carbocycles. The second kappa shape index (κ2) is 7.61. The van der Waals surface area contributed by atoms with Gasteiger partial charge in [0.15, 0.2) is 6.29 Å². The van der Waals surface area contributed by atoms with Gasteiger partial charge < -0.3 is 14.2 Å². The Balaban J connectivity index is 1.74. The Bertz CT molecular complexity index is 464. The van der Waals surface area contributed by atoms with Crippen molar-refractivity contribution >= 4 is 0 Å². The van der Waals surface area contributed by atoms with Crippen molar-refractivity contribution < 1.29 is 14.2 Å². The molecule has 3 heteroatoms. The van der Waals surface area contributed by atoms with Gasteiger partial charge in [-0.25, -0.2) is 0 Å². The normalized spacial score (nSPS) is 19.2. The molecular weight excluding hydrogens is 264 g/mol. The van der Waals surface area contributed by atoms with Gasteiger partial charge in [-0.3, -0.25) is 0 Å². The molecule has 0 bridgehead atoms. The highest BCUT2D eigenvalue weighted by Gasteiger charge is 2.26. The minimum absolute atomic E-state index is 0.0905. The smallest absolute Gasteiger partial charge is 0.158 e. The molecule has 114 valence electrons. The predicted molar refractivity (Wildman–Crippen MR) is 82.8 cm³/mol. The Morgan fingerprint density at radius 2 is 2.05 bits per heavy atom. The van der Waals surface area contributed by atoms with Gasteiger partial charge in [0.25, 0.3) is 0 Å². The number of benzene rings is 1. The zero-order chi connectivity index (χ0) is 15.1. The highest BCUT2D eigenvalue weighted by atomic mass is 16.7. The van der Waals surface area contributed by atoms with Gasteiger partial charge in [0.2, 0.25) is 0 Å². The maximum Gasteiger partial charge on any atom is 0.158 e. The van der Waals surface area contributed by atoms with Crippen molar-refractivity contribution in [3.63, 3.8) is 0 Å². The summed E-state index contributed by atoms with van der Waals surface area (Å²) in [6.07, 6.45) is 8.51. The van der Waals surface area contributed by atoms with Crippen LogP contribution >= 0.6 is 0 Å². The molecule has 0 aromatic heterocycles. The van der Waals surface area contributed by atoms with E-state index in [4.69, 9.17) is 20.6 Å². The molecule has 1 aromatic carbocycles. The van der Waals surface area contributed by atoms with Crippen LogP contribution in [0, 0.1) is 12.3 Å². The molecule has 0 N–H and O–H groups in total. The fourth-order valence-electron chi connectivity index (χ4n) is 2.31. The largest absolute Gasteiger partial charge is 0.374 e. The third-order valence-electron chi connectivity index (χ3n) is 3.43. The molecule has 1 unspecified atom stereocenters. The molecule has 1 aliphatic rings. The quantitative estimate of drug-likeness (QED) is 0.750. The van der Waals surface area contributed by atoms with E-state index in [9.17, 15) is 0 Å². The third-order valence-corrected chi connectivity index (χ3v) is 3.43. The summed E-state index contributed by atoms with van der Waals surface area (Å²) in [5.41, 5.74) is 1.65. The molecule has 0 radical (unpaired) electrons. The number of hydrogen-bond donors (Lipinski definition) is 0. The second-order valence-corrected chi connectivity index (χ2v) is 6.01. The van der Waals surface area contributed by atoms with Crippen LogP contribution in [0.1, 0.15) is 44.2 Å². The summed E-state index contributed by atoms with van der Waals surface area (Å²) in [7, 11) is 0. The van der Waals surface area contributed by atoms with E-state index >= 15 is 0 Å². The first-order valence-corrected chi connectivity index (χ1v) is 7.52. The fourth-order valence-corrected chi connectivity index (χ4v) is 2.31. The molecule has 1 aromatic rings. The van der Waals surface area contributed by atoms with Crippen LogP contribution in [0.3, 0.4) is 0 Å². The van der Waals surface area contributed by atoms with Crippen molar-refractivity contribution in [2.24, 2.45) is 0 Å². The SMILES string of the molecule is C#Cc1ccc(COCC(C)(C)OC2CCCCO2)cc1. The molecule has 1 atom stereocenters. The van der Waals surface area contributed by atoms with Gasteiger partial charge in [-0.2, -0.15) is 0 Å². The lowest BCUT2D eigenvalue weighted by Crippen LogP contribution is -2.37. The maximum atomic E-state index is 5.98. The minimum atomic E-state index is -0.346. The Kier molecular flexibility index (Phi) is 5.81. The lowest BCUT2D eigenvalue weighted by molar-refractivity contribution is -0.228. The molecule has 21 heavy (non-hydrogen) atoms. The van der Waals surface area contributed by atoms with E-state index in [1.165, 1.54) is 6.42 Å². The Labute approximate surface area is 127 Å². The summed E-state index contributed by atoms with van der Waals surface area (Å²) >= 11 is 0. The van der Waals surface area contributed by atoms with Crippen molar-refractivity contribution in [2.75, 3.05) is 13.2 Å². The summed E-state index contributed by atoms with van der Waals surface area (Å²) < 4.78 is 17.4. The molecule has 0 aliphatic carbocycles. The average molecular weight is 288 g/mol. The summed E-state index contributed by atoms with van der Waals surface area (Å²) in [6, 6.07) is 7.84. The number of hydrogen-bond acceptors (Lipinski definition) is 3.